The average molecular weight is 296 g/mol. The van der Waals surface area contributed by atoms with Crippen molar-refractivity contribution in [3.63, 3.8) is 0 Å². The maximum atomic E-state index is 5.90. The Morgan fingerprint density at radius 1 is 0.909 bits per heavy atom. The Kier molecular flexibility index (Phi) is 5.46. The molecule has 0 spiro atoms. The summed E-state index contributed by atoms with van der Waals surface area (Å²) in [5.41, 5.74) is 1.35. The van der Waals surface area contributed by atoms with Crippen LogP contribution in [0.25, 0.3) is 0 Å². The number of hydrogen-bond acceptors (Lipinski definition) is 3. The quantitative estimate of drug-likeness (QED) is 0.885. The lowest BCUT2D eigenvalue weighted by molar-refractivity contribution is 0.238. The van der Waals surface area contributed by atoms with Crippen LogP contribution in [0.2, 0.25) is 0 Å². The van der Waals surface area contributed by atoms with Crippen LogP contribution in [0.3, 0.4) is 0 Å². The van der Waals surface area contributed by atoms with Crippen LogP contribution in [0, 0.1) is 0 Å². The summed E-state index contributed by atoms with van der Waals surface area (Å²) < 4.78 is 5.90. The molecule has 1 N–H and O–H groups in total. The molecule has 2 aromatic carbocycles. The molecule has 3 heteroatoms. The molecule has 1 aliphatic rings. The van der Waals surface area contributed by atoms with Crippen molar-refractivity contribution < 1.29 is 4.74 Å². The average Bonchev–Trinajstić information content (AvgIpc) is 2.57. The number of nitrogens with one attached hydrogen (secondary N) is 1. The molecule has 0 bridgehead atoms. The lowest BCUT2D eigenvalue weighted by atomic mass is 10.1. The highest BCUT2D eigenvalue weighted by Gasteiger charge is 2.08. The van der Waals surface area contributed by atoms with Gasteiger partial charge in [0.2, 0.25) is 0 Å². The molecule has 0 atom stereocenters. The summed E-state index contributed by atoms with van der Waals surface area (Å²) in [5, 5.41) is 3.40. The van der Waals surface area contributed by atoms with Gasteiger partial charge in [-0.05, 0) is 49.2 Å². The Balaban J connectivity index is 1.50. The molecule has 0 amide bonds. The molecular weight excluding hydrogens is 272 g/mol. The fraction of sp³-hybridized carbons (Fsp3) is 0.368. The van der Waals surface area contributed by atoms with Gasteiger partial charge in [0.25, 0.3) is 0 Å². The lowest BCUT2D eigenvalue weighted by Crippen LogP contribution is -2.43. The normalized spacial score (nSPS) is 15.6. The van der Waals surface area contributed by atoms with Crippen molar-refractivity contribution in [2.75, 3.05) is 32.7 Å². The van der Waals surface area contributed by atoms with E-state index in [2.05, 4.69) is 28.4 Å². The number of ether oxygens (including phenoxy) is 1. The number of rotatable bonds is 6. The zero-order chi connectivity index (χ0) is 15.0. The standard InChI is InChI=1S/C19H24N2O/c1-2-8-18(9-3-1)22-19-10-4-6-17(16-19)7-5-13-21-14-11-20-12-15-21/h1-4,6,8-10,16,20H,5,7,11-15H2. The van der Waals surface area contributed by atoms with Gasteiger partial charge in [-0.15, -0.1) is 0 Å². The molecule has 3 nitrogen and oxygen atoms in total. The number of nitrogens with zero attached hydrogens (tertiary/aromatic N) is 1. The van der Waals surface area contributed by atoms with Crippen LogP contribution in [0.1, 0.15) is 12.0 Å². The van der Waals surface area contributed by atoms with Crippen LogP contribution in [-0.4, -0.2) is 37.6 Å². The smallest absolute Gasteiger partial charge is 0.127 e. The third-order valence-electron chi connectivity index (χ3n) is 4.03. The van der Waals surface area contributed by atoms with Crippen LogP contribution in [0.15, 0.2) is 54.6 Å². The summed E-state index contributed by atoms with van der Waals surface area (Å²) in [7, 11) is 0. The van der Waals surface area contributed by atoms with Gasteiger partial charge < -0.3 is 15.0 Å². The predicted molar refractivity (Wildman–Crippen MR) is 90.6 cm³/mol. The van der Waals surface area contributed by atoms with Gasteiger partial charge in [0.15, 0.2) is 0 Å². The Morgan fingerprint density at radius 3 is 2.50 bits per heavy atom. The van der Waals surface area contributed by atoms with Gasteiger partial charge in [0.05, 0.1) is 0 Å². The Bertz CT molecular complexity index is 565. The first-order valence-corrected chi connectivity index (χ1v) is 8.15. The first-order valence-electron chi connectivity index (χ1n) is 8.15. The summed E-state index contributed by atoms with van der Waals surface area (Å²) >= 11 is 0. The molecule has 1 fully saturated rings. The maximum absolute atomic E-state index is 5.90. The van der Waals surface area contributed by atoms with E-state index in [0.717, 1.165) is 31.0 Å². The monoisotopic (exact) mass is 296 g/mol. The van der Waals surface area contributed by atoms with E-state index in [1.807, 2.05) is 36.4 Å². The number of para-hydroxylation sites is 1. The second-order valence-electron chi connectivity index (χ2n) is 5.76. The zero-order valence-electron chi connectivity index (χ0n) is 13.0. The van der Waals surface area contributed by atoms with Crippen molar-refractivity contribution in [3.8, 4) is 11.5 Å². The van der Waals surface area contributed by atoms with E-state index in [-0.39, 0.29) is 0 Å². The van der Waals surface area contributed by atoms with E-state index in [4.69, 9.17) is 4.74 Å². The second-order valence-corrected chi connectivity index (χ2v) is 5.76. The summed E-state index contributed by atoms with van der Waals surface area (Å²) in [6, 6.07) is 18.4. The Morgan fingerprint density at radius 2 is 1.68 bits per heavy atom. The SMILES string of the molecule is c1ccc(Oc2cccc(CCCN3CCNCC3)c2)cc1. The van der Waals surface area contributed by atoms with E-state index in [0.29, 0.717) is 0 Å². The molecule has 116 valence electrons. The van der Waals surface area contributed by atoms with Crippen LogP contribution in [-0.2, 0) is 6.42 Å². The fourth-order valence-corrected chi connectivity index (χ4v) is 2.83. The minimum absolute atomic E-state index is 0.889. The summed E-state index contributed by atoms with van der Waals surface area (Å²) in [5.74, 6) is 1.81. The van der Waals surface area contributed by atoms with Crippen LogP contribution >= 0.6 is 0 Å². The molecule has 1 saturated heterocycles. The van der Waals surface area contributed by atoms with Gasteiger partial charge in [0.1, 0.15) is 11.5 Å². The zero-order valence-corrected chi connectivity index (χ0v) is 13.0. The predicted octanol–water partition coefficient (Wildman–Crippen LogP) is 3.32. The van der Waals surface area contributed by atoms with Crippen molar-refractivity contribution in [1.29, 1.82) is 0 Å². The van der Waals surface area contributed by atoms with Gasteiger partial charge in [-0.2, -0.15) is 0 Å². The Labute approximate surface area is 132 Å². The fourth-order valence-electron chi connectivity index (χ4n) is 2.83. The van der Waals surface area contributed by atoms with Crippen molar-refractivity contribution in [1.82, 2.24) is 10.2 Å². The molecule has 2 aromatic rings. The highest BCUT2D eigenvalue weighted by Crippen LogP contribution is 2.22. The number of hydrogen-bond donors (Lipinski definition) is 1. The molecule has 3 rings (SSSR count). The number of aryl methyl sites for hydroxylation is 1. The van der Waals surface area contributed by atoms with E-state index in [1.54, 1.807) is 0 Å². The van der Waals surface area contributed by atoms with Crippen molar-refractivity contribution >= 4 is 0 Å². The summed E-state index contributed by atoms with van der Waals surface area (Å²) in [4.78, 5) is 2.54. The van der Waals surface area contributed by atoms with Gasteiger partial charge in [-0.1, -0.05) is 30.3 Å². The first kappa shape index (κ1) is 15.1. The van der Waals surface area contributed by atoms with Crippen LogP contribution < -0.4 is 10.1 Å². The molecule has 0 radical (unpaired) electrons. The van der Waals surface area contributed by atoms with Crippen molar-refractivity contribution in [2.24, 2.45) is 0 Å². The third-order valence-corrected chi connectivity index (χ3v) is 4.03. The van der Waals surface area contributed by atoms with Crippen LogP contribution in [0.4, 0.5) is 0 Å². The molecule has 0 aliphatic carbocycles. The van der Waals surface area contributed by atoms with Gasteiger partial charge in [0, 0.05) is 26.2 Å². The molecule has 22 heavy (non-hydrogen) atoms. The van der Waals surface area contributed by atoms with E-state index < -0.39 is 0 Å². The molecule has 0 saturated carbocycles. The summed E-state index contributed by atoms with van der Waals surface area (Å²) in [6.45, 7) is 5.79. The highest BCUT2D eigenvalue weighted by molar-refractivity contribution is 5.33. The van der Waals surface area contributed by atoms with Crippen molar-refractivity contribution in [3.05, 3.63) is 60.2 Å². The number of piperazine rings is 1. The van der Waals surface area contributed by atoms with E-state index >= 15 is 0 Å². The topological polar surface area (TPSA) is 24.5 Å². The number of benzene rings is 2. The van der Waals surface area contributed by atoms with Crippen LogP contribution in [0.5, 0.6) is 11.5 Å². The van der Waals surface area contributed by atoms with Gasteiger partial charge >= 0.3 is 0 Å². The minimum atomic E-state index is 0.889. The molecule has 0 aromatic heterocycles. The van der Waals surface area contributed by atoms with Gasteiger partial charge in [-0.25, -0.2) is 0 Å². The highest BCUT2D eigenvalue weighted by atomic mass is 16.5. The third kappa shape index (κ3) is 4.58. The maximum Gasteiger partial charge on any atom is 0.127 e. The molecule has 1 aliphatic heterocycles. The second kappa shape index (κ2) is 7.97. The van der Waals surface area contributed by atoms with Crippen molar-refractivity contribution in [2.45, 2.75) is 12.8 Å². The molecule has 1 heterocycles. The van der Waals surface area contributed by atoms with E-state index in [1.165, 1.54) is 31.6 Å². The first-order chi connectivity index (χ1) is 10.9. The Hall–Kier alpha value is -1.84. The molecular formula is C19H24N2O. The van der Waals surface area contributed by atoms with E-state index in [9.17, 15) is 0 Å². The largest absolute Gasteiger partial charge is 0.457 e. The summed E-state index contributed by atoms with van der Waals surface area (Å²) in [6.07, 6.45) is 2.31. The van der Waals surface area contributed by atoms with Gasteiger partial charge in [-0.3, -0.25) is 0 Å². The minimum Gasteiger partial charge on any atom is -0.457 e. The molecule has 0 unspecified atom stereocenters. The lowest BCUT2D eigenvalue weighted by Gasteiger charge is -2.27.